The van der Waals surface area contributed by atoms with Crippen LogP contribution >= 0.6 is 8.53 Å². The van der Waals surface area contributed by atoms with Crippen LogP contribution < -0.4 is 0 Å². The average Bonchev–Trinajstić information content (AvgIpc) is 2.15. The molecule has 0 heterocycles. The van der Waals surface area contributed by atoms with Crippen molar-refractivity contribution in [1.82, 2.24) is 4.67 Å². The highest BCUT2D eigenvalue weighted by atomic mass is 31.2. The first kappa shape index (κ1) is 13.8. The van der Waals surface area contributed by atoms with Crippen LogP contribution in [-0.2, 0) is 13.8 Å². The highest BCUT2D eigenvalue weighted by Gasteiger charge is 2.13. The van der Waals surface area contributed by atoms with Crippen molar-refractivity contribution in [3.05, 3.63) is 0 Å². The minimum Gasteiger partial charge on any atom is -0.382 e. The van der Waals surface area contributed by atoms with Crippen LogP contribution in [0.4, 0.5) is 0 Å². The molecule has 0 saturated heterocycles. The molecule has 0 aliphatic carbocycles. The number of nitrogens with zero attached hydrogens (tertiary/aromatic N) is 2. The van der Waals surface area contributed by atoms with E-state index in [0.717, 1.165) is 0 Å². The molecule has 0 aromatic heterocycles. The molecule has 0 aliphatic rings. The molecule has 5 nitrogen and oxygen atoms in total. The molecule has 1 atom stereocenters. The fourth-order valence-corrected chi connectivity index (χ4v) is 1.65. The molecule has 14 heavy (non-hydrogen) atoms. The quantitative estimate of drug-likeness (QED) is 0.456. The monoisotopic (exact) mass is 220 g/mol. The van der Waals surface area contributed by atoms with Gasteiger partial charge in [-0.05, 0) is 14.1 Å². The molecule has 0 fully saturated rings. The van der Waals surface area contributed by atoms with Crippen LogP contribution in [0.2, 0.25) is 0 Å². The van der Waals surface area contributed by atoms with E-state index < -0.39 is 8.53 Å². The summed E-state index contributed by atoms with van der Waals surface area (Å²) in [5, 5.41) is 8.33. The van der Waals surface area contributed by atoms with Gasteiger partial charge >= 0.3 is 0 Å². The highest BCUT2D eigenvalue weighted by Crippen LogP contribution is 2.39. The van der Waals surface area contributed by atoms with Gasteiger partial charge in [-0.2, -0.15) is 5.26 Å². The topological polar surface area (TPSA) is 54.7 Å². The Hall–Kier alpha value is -0.240. The van der Waals surface area contributed by atoms with Gasteiger partial charge in [0.05, 0.1) is 32.3 Å². The van der Waals surface area contributed by atoms with Gasteiger partial charge in [-0.1, -0.05) is 0 Å². The van der Waals surface area contributed by atoms with Crippen molar-refractivity contribution < 1.29 is 13.8 Å². The van der Waals surface area contributed by atoms with Crippen LogP contribution in [-0.4, -0.2) is 45.7 Å². The van der Waals surface area contributed by atoms with E-state index in [-0.39, 0.29) is 0 Å². The second kappa shape index (κ2) is 9.32. The Balaban J connectivity index is 3.62. The van der Waals surface area contributed by atoms with Crippen molar-refractivity contribution in [2.45, 2.75) is 6.42 Å². The number of nitriles is 1. The number of rotatable bonds is 8. The largest absolute Gasteiger partial charge is 0.382 e. The molecule has 0 amide bonds. The van der Waals surface area contributed by atoms with E-state index in [2.05, 4.69) is 0 Å². The van der Waals surface area contributed by atoms with E-state index >= 15 is 0 Å². The molecular weight excluding hydrogens is 203 g/mol. The maximum Gasteiger partial charge on any atom is 0.258 e. The Kier molecular flexibility index (Phi) is 9.16. The molecule has 0 N–H and O–H groups in total. The Morgan fingerprint density at radius 3 is 2.36 bits per heavy atom. The van der Waals surface area contributed by atoms with Gasteiger partial charge in [-0.15, -0.1) is 0 Å². The van der Waals surface area contributed by atoms with Gasteiger partial charge in [0.15, 0.2) is 0 Å². The van der Waals surface area contributed by atoms with E-state index in [4.69, 9.17) is 19.0 Å². The van der Waals surface area contributed by atoms with E-state index in [1.165, 1.54) is 0 Å². The van der Waals surface area contributed by atoms with Crippen LogP contribution in [0.5, 0.6) is 0 Å². The first-order valence-corrected chi connectivity index (χ1v) is 5.44. The zero-order valence-electron chi connectivity index (χ0n) is 8.89. The summed E-state index contributed by atoms with van der Waals surface area (Å²) in [7, 11) is 4.34. The molecule has 0 bridgehead atoms. The maximum atomic E-state index is 8.33. The second-order valence-corrected chi connectivity index (χ2v) is 4.44. The predicted molar refractivity (Wildman–Crippen MR) is 54.6 cm³/mol. The van der Waals surface area contributed by atoms with E-state index in [1.54, 1.807) is 7.11 Å². The number of hydrogen-bond donors (Lipinski definition) is 0. The molecule has 0 spiro atoms. The van der Waals surface area contributed by atoms with E-state index in [9.17, 15) is 0 Å². The van der Waals surface area contributed by atoms with Crippen molar-refractivity contribution >= 4 is 8.53 Å². The zero-order chi connectivity index (χ0) is 10.8. The molecule has 1 unspecified atom stereocenters. The minimum atomic E-state index is -1.04. The van der Waals surface area contributed by atoms with Crippen LogP contribution in [0.15, 0.2) is 0 Å². The number of ether oxygens (including phenoxy) is 1. The van der Waals surface area contributed by atoms with E-state index in [1.807, 2.05) is 24.8 Å². The Morgan fingerprint density at radius 2 is 1.86 bits per heavy atom. The fraction of sp³-hybridized carbons (Fsp3) is 0.875. The fourth-order valence-electron chi connectivity index (χ4n) is 0.636. The van der Waals surface area contributed by atoms with Crippen LogP contribution in [0.25, 0.3) is 0 Å². The SMILES string of the molecule is COCCOP(OCCC#N)N(C)C. The summed E-state index contributed by atoms with van der Waals surface area (Å²) in [4.78, 5) is 0. The van der Waals surface area contributed by atoms with Crippen LogP contribution in [0.3, 0.4) is 0 Å². The van der Waals surface area contributed by atoms with Crippen molar-refractivity contribution in [1.29, 1.82) is 5.26 Å². The summed E-state index contributed by atoms with van der Waals surface area (Å²) in [5.41, 5.74) is 0. The van der Waals surface area contributed by atoms with Crippen molar-refractivity contribution in [2.75, 3.05) is 41.0 Å². The molecule has 0 aliphatic heterocycles. The summed E-state index contributed by atoms with van der Waals surface area (Å²) in [5.74, 6) is 0. The maximum absolute atomic E-state index is 8.33. The zero-order valence-corrected chi connectivity index (χ0v) is 9.79. The minimum absolute atomic E-state index is 0.389. The third-order valence-electron chi connectivity index (χ3n) is 1.23. The van der Waals surface area contributed by atoms with Gasteiger partial charge in [-0.3, -0.25) is 0 Å². The molecular formula is C8H17N2O3P. The lowest BCUT2D eigenvalue weighted by Crippen LogP contribution is -2.11. The number of hydrogen-bond acceptors (Lipinski definition) is 5. The second-order valence-electron chi connectivity index (χ2n) is 2.65. The molecule has 82 valence electrons. The molecule has 0 rings (SSSR count). The summed E-state index contributed by atoms with van der Waals surface area (Å²) >= 11 is 0. The standard InChI is InChI=1S/C8H17N2O3P/c1-10(2)14(12-6-4-5-9)13-8-7-11-3/h4,6-8H2,1-3H3. The van der Waals surface area contributed by atoms with Crippen molar-refractivity contribution in [2.24, 2.45) is 0 Å². The van der Waals surface area contributed by atoms with Gasteiger partial charge in [0.25, 0.3) is 8.53 Å². The lowest BCUT2D eigenvalue weighted by atomic mass is 10.5. The lowest BCUT2D eigenvalue weighted by molar-refractivity contribution is 0.133. The third-order valence-corrected chi connectivity index (χ3v) is 2.69. The molecule has 0 aromatic carbocycles. The summed E-state index contributed by atoms with van der Waals surface area (Å²) < 4.78 is 17.5. The van der Waals surface area contributed by atoms with Crippen LogP contribution in [0.1, 0.15) is 6.42 Å². The van der Waals surface area contributed by atoms with E-state index in [0.29, 0.717) is 26.2 Å². The highest BCUT2D eigenvalue weighted by molar-refractivity contribution is 7.44. The van der Waals surface area contributed by atoms with Crippen molar-refractivity contribution in [3.63, 3.8) is 0 Å². The van der Waals surface area contributed by atoms with Gasteiger partial charge in [-0.25, -0.2) is 4.67 Å². The Labute approximate surface area is 86.5 Å². The van der Waals surface area contributed by atoms with Gasteiger partial charge in [0.2, 0.25) is 0 Å². The first-order chi connectivity index (χ1) is 6.72. The molecule has 0 aromatic rings. The lowest BCUT2D eigenvalue weighted by Gasteiger charge is -2.21. The smallest absolute Gasteiger partial charge is 0.258 e. The number of methoxy groups -OCH3 is 1. The first-order valence-electron chi connectivity index (χ1n) is 4.31. The summed E-state index contributed by atoms with van der Waals surface area (Å²) in [6.07, 6.45) is 0.389. The van der Waals surface area contributed by atoms with Crippen LogP contribution in [0, 0.1) is 11.3 Å². The van der Waals surface area contributed by atoms with Gasteiger partial charge < -0.3 is 13.8 Å². The summed E-state index contributed by atoms with van der Waals surface area (Å²) in [6, 6.07) is 2.02. The Bertz CT molecular complexity index is 172. The molecule has 0 radical (unpaired) electrons. The van der Waals surface area contributed by atoms with Crippen molar-refractivity contribution in [3.8, 4) is 6.07 Å². The Morgan fingerprint density at radius 1 is 1.21 bits per heavy atom. The molecule has 6 heteroatoms. The van der Waals surface area contributed by atoms with Gasteiger partial charge in [0.1, 0.15) is 0 Å². The predicted octanol–water partition coefficient (Wildman–Crippen LogP) is 1.37. The third kappa shape index (κ3) is 7.19. The van der Waals surface area contributed by atoms with Gasteiger partial charge in [0, 0.05) is 7.11 Å². The molecule has 0 saturated carbocycles. The average molecular weight is 220 g/mol. The normalized spacial score (nSPS) is 12.8. The summed E-state index contributed by atoms with van der Waals surface area (Å²) in [6.45, 7) is 1.47.